The van der Waals surface area contributed by atoms with Gasteiger partial charge in [0.05, 0.1) is 16.0 Å². The Kier molecular flexibility index (Phi) is 7.20. The number of nitrogens with one attached hydrogen (secondary N) is 2. The molecule has 166 valence electrons. The molecule has 0 aliphatic rings. The maximum absolute atomic E-state index is 14.3. The molecule has 3 rings (SSSR count). The number of ether oxygens (including phenoxy) is 1. The first-order chi connectivity index (χ1) is 15.1. The molecule has 0 saturated heterocycles. The molecule has 5 nitrogen and oxygen atoms in total. The Bertz CT molecular complexity index is 1120. The van der Waals surface area contributed by atoms with Crippen LogP contribution in [0.25, 0.3) is 0 Å². The van der Waals surface area contributed by atoms with Crippen LogP contribution in [0.4, 0.5) is 15.8 Å². The van der Waals surface area contributed by atoms with Crippen LogP contribution >= 0.6 is 11.9 Å². The van der Waals surface area contributed by atoms with Crippen molar-refractivity contribution < 1.29 is 18.7 Å². The number of rotatable bonds is 6. The lowest BCUT2D eigenvalue weighted by Crippen LogP contribution is -2.26. The van der Waals surface area contributed by atoms with Crippen LogP contribution in [0.2, 0.25) is 0 Å². The zero-order chi connectivity index (χ0) is 23.3. The van der Waals surface area contributed by atoms with Crippen molar-refractivity contribution in [2.75, 3.05) is 10.0 Å². The van der Waals surface area contributed by atoms with E-state index in [0.717, 1.165) is 23.2 Å². The first-order valence-electron chi connectivity index (χ1n) is 10.1. The van der Waals surface area contributed by atoms with Gasteiger partial charge in [0.2, 0.25) is 0 Å². The van der Waals surface area contributed by atoms with Crippen molar-refractivity contribution in [1.29, 1.82) is 0 Å². The van der Waals surface area contributed by atoms with Gasteiger partial charge >= 0.3 is 5.97 Å². The van der Waals surface area contributed by atoms with E-state index in [2.05, 4.69) is 10.0 Å². The van der Waals surface area contributed by atoms with Crippen molar-refractivity contribution in [2.45, 2.75) is 38.2 Å². The van der Waals surface area contributed by atoms with Crippen molar-refractivity contribution in [1.82, 2.24) is 0 Å². The molecule has 0 aromatic heterocycles. The van der Waals surface area contributed by atoms with Gasteiger partial charge in [0.15, 0.2) is 0 Å². The van der Waals surface area contributed by atoms with Crippen LogP contribution in [-0.2, 0) is 4.74 Å². The molecule has 0 unspecified atom stereocenters. The molecule has 1 amide bonds. The number of halogens is 1. The molecule has 0 heterocycles. The van der Waals surface area contributed by atoms with Crippen molar-refractivity contribution in [3.63, 3.8) is 0 Å². The molecule has 3 aromatic rings. The summed E-state index contributed by atoms with van der Waals surface area (Å²) < 4.78 is 22.8. The summed E-state index contributed by atoms with van der Waals surface area (Å²) in [6, 6.07) is 18.4. The minimum atomic E-state index is -0.686. The quantitative estimate of drug-likeness (QED) is 0.332. The molecular formula is C25H25FN2O3S. The van der Waals surface area contributed by atoms with Gasteiger partial charge in [-0.15, -0.1) is 0 Å². The van der Waals surface area contributed by atoms with Crippen molar-refractivity contribution in [3.8, 4) is 0 Å². The normalized spacial score (nSPS) is 11.0. The summed E-state index contributed by atoms with van der Waals surface area (Å²) in [6.45, 7) is 7.27. The molecule has 0 aliphatic heterocycles. The monoisotopic (exact) mass is 452 g/mol. The van der Waals surface area contributed by atoms with E-state index < -0.39 is 23.3 Å². The summed E-state index contributed by atoms with van der Waals surface area (Å²) >= 11 is 1.11. The first-order valence-corrected chi connectivity index (χ1v) is 10.9. The Hall–Kier alpha value is -3.32. The number of esters is 1. The highest BCUT2D eigenvalue weighted by molar-refractivity contribution is 8.00. The molecule has 0 radical (unpaired) electrons. The Morgan fingerprint density at radius 2 is 1.53 bits per heavy atom. The molecule has 2 N–H and O–H groups in total. The lowest BCUT2D eigenvalue weighted by atomic mass is 10.1. The maximum Gasteiger partial charge on any atom is 0.339 e. The average molecular weight is 453 g/mol. The van der Waals surface area contributed by atoms with Gasteiger partial charge in [0.25, 0.3) is 5.91 Å². The summed E-state index contributed by atoms with van der Waals surface area (Å²) in [5.41, 5.74) is 2.02. The van der Waals surface area contributed by atoms with Crippen LogP contribution in [0.1, 0.15) is 47.1 Å². The minimum absolute atomic E-state index is 0.165. The fourth-order valence-electron chi connectivity index (χ4n) is 2.79. The summed E-state index contributed by atoms with van der Waals surface area (Å²) in [5, 5.41) is 2.74. The van der Waals surface area contributed by atoms with Crippen molar-refractivity contribution >= 4 is 35.2 Å². The summed E-state index contributed by atoms with van der Waals surface area (Å²) in [7, 11) is 0. The lowest BCUT2D eigenvalue weighted by molar-refractivity contribution is 0.00678. The van der Waals surface area contributed by atoms with E-state index in [9.17, 15) is 14.0 Å². The third kappa shape index (κ3) is 6.34. The highest BCUT2D eigenvalue weighted by Gasteiger charge is 2.23. The van der Waals surface area contributed by atoms with Crippen LogP contribution < -0.4 is 10.0 Å². The summed E-state index contributed by atoms with van der Waals surface area (Å²) in [4.78, 5) is 25.7. The van der Waals surface area contributed by atoms with Gasteiger partial charge in [-0.05, 0) is 82.1 Å². The van der Waals surface area contributed by atoms with Crippen LogP contribution in [0.3, 0.4) is 0 Å². The highest BCUT2D eigenvalue weighted by atomic mass is 32.2. The third-order valence-electron chi connectivity index (χ3n) is 4.31. The van der Waals surface area contributed by atoms with E-state index in [1.165, 1.54) is 18.2 Å². The average Bonchev–Trinajstić information content (AvgIpc) is 2.74. The fourth-order valence-corrected chi connectivity index (χ4v) is 3.50. The van der Waals surface area contributed by atoms with Crippen molar-refractivity contribution in [2.24, 2.45) is 0 Å². The fraction of sp³-hybridized carbons (Fsp3) is 0.200. The summed E-state index contributed by atoms with van der Waals surface area (Å²) in [5.74, 6) is -1.48. The topological polar surface area (TPSA) is 67.4 Å². The van der Waals surface area contributed by atoms with Gasteiger partial charge in [0, 0.05) is 11.4 Å². The zero-order valence-corrected chi connectivity index (χ0v) is 19.2. The van der Waals surface area contributed by atoms with Crippen LogP contribution in [-0.4, -0.2) is 17.5 Å². The van der Waals surface area contributed by atoms with Crippen molar-refractivity contribution in [3.05, 3.63) is 89.2 Å². The predicted molar refractivity (Wildman–Crippen MR) is 127 cm³/mol. The SMILES string of the molecule is Cc1ccc(NSc2cc(NC(=O)c3ccccc3C(=O)OC(C)(C)C)ccc2F)cc1. The standard InChI is InChI=1S/C25H25FN2O3S/c1-16-9-11-17(12-10-16)28-32-22-15-18(13-14-21(22)26)27-23(29)19-7-5-6-8-20(19)24(30)31-25(2,3)4/h5-15,28H,1-4H3,(H,27,29). The van der Waals surface area contributed by atoms with Crippen LogP contribution in [0.15, 0.2) is 71.6 Å². The Morgan fingerprint density at radius 3 is 2.19 bits per heavy atom. The second-order valence-corrected chi connectivity index (χ2v) is 9.07. The summed E-state index contributed by atoms with van der Waals surface area (Å²) in [6.07, 6.45) is 0. The van der Waals surface area contributed by atoms with E-state index in [1.807, 2.05) is 31.2 Å². The molecule has 32 heavy (non-hydrogen) atoms. The number of amides is 1. The number of carbonyl (C=O) groups is 2. The number of hydrogen-bond acceptors (Lipinski definition) is 5. The van der Waals surface area contributed by atoms with Gasteiger partial charge in [-0.3, -0.25) is 4.79 Å². The number of aryl methyl sites for hydroxylation is 1. The van der Waals surface area contributed by atoms with Crippen LogP contribution in [0, 0.1) is 12.7 Å². The number of hydrogen-bond donors (Lipinski definition) is 2. The van der Waals surface area contributed by atoms with Gasteiger partial charge in [-0.1, -0.05) is 29.8 Å². The van der Waals surface area contributed by atoms with E-state index in [0.29, 0.717) is 10.6 Å². The maximum atomic E-state index is 14.3. The highest BCUT2D eigenvalue weighted by Crippen LogP contribution is 2.27. The second-order valence-electron chi connectivity index (χ2n) is 8.22. The van der Waals surface area contributed by atoms with Crippen LogP contribution in [0.5, 0.6) is 0 Å². The number of carbonyl (C=O) groups excluding carboxylic acids is 2. The van der Waals surface area contributed by atoms with E-state index in [1.54, 1.807) is 45.0 Å². The van der Waals surface area contributed by atoms with Gasteiger partial charge < -0.3 is 14.8 Å². The van der Waals surface area contributed by atoms with Gasteiger partial charge in [0.1, 0.15) is 11.4 Å². The molecule has 7 heteroatoms. The Labute approximate surface area is 191 Å². The lowest BCUT2D eigenvalue weighted by Gasteiger charge is -2.20. The molecular weight excluding hydrogens is 427 g/mol. The Balaban J connectivity index is 1.75. The third-order valence-corrected chi connectivity index (χ3v) is 5.18. The van der Waals surface area contributed by atoms with Gasteiger partial charge in [-0.2, -0.15) is 0 Å². The number of benzene rings is 3. The molecule has 0 aliphatic carbocycles. The molecule has 0 spiro atoms. The van der Waals surface area contributed by atoms with E-state index >= 15 is 0 Å². The molecule has 0 saturated carbocycles. The number of anilines is 2. The first kappa shape index (κ1) is 23.3. The minimum Gasteiger partial charge on any atom is -0.456 e. The molecule has 0 fully saturated rings. The Morgan fingerprint density at radius 1 is 0.906 bits per heavy atom. The molecule has 0 atom stereocenters. The second kappa shape index (κ2) is 9.87. The predicted octanol–water partition coefficient (Wildman–Crippen LogP) is 6.46. The van der Waals surface area contributed by atoms with E-state index in [4.69, 9.17) is 4.74 Å². The smallest absolute Gasteiger partial charge is 0.339 e. The largest absolute Gasteiger partial charge is 0.456 e. The van der Waals surface area contributed by atoms with Gasteiger partial charge in [-0.25, -0.2) is 9.18 Å². The molecule has 3 aromatic carbocycles. The van der Waals surface area contributed by atoms with E-state index in [-0.39, 0.29) is 11.1 Å². The zero-order valence-electron chi connectivity index (χ0n) is 18.4. The molecule has 0 bridgehead atoms.